The molecule has 7 nitrogen and oxygen atoms in total. The summed E-state index contributed by atoms with van der Waals surface area (Å²) in [5, 5.41) is 5.09. The number of carbonyl (C=O) groups excluding carboxylic acids is 1. The van der Waals surface area contributed by atoms with Gasteiger partial charge < -0.3 is 11.5 Å². The van der Waals surface area contributed by atoms with Crippen LogP contribution in [0, 0.1) is 6.92 Å². The third kappa shape index (κ3) is 3.19. The van der Waals surface area contributed by atoms with Gasteiger partial charge in [-0.2, -0.15) is 4.99 Å². The molecule has 0 fully saturated rings. The van der Waals surface area contributed by atoms with Gasteiger partial charge in [-0.15, -0.1) is 0 Å². The van der Waals surface area contributed by atoms with Crippen molar-refractivity contribution in [2.45, 2.75) is 11.8 Å². The van der Waals surface area contributed by atoms with Crippen LogP contribution in [0.3, 0.4) is 0 Å². The molecule has 1 amide bonds. The number of carbonyl (C=O) groups is 1. The van der Waals surface area contributed by atoms with Gasteiger partial charge in [-0.1, -0.05) is 11.6 Å². The van der Waals surface area contributed by atoms with Crippen LogP contribution in [0.15, 0.2) is 22.0 Å². The standard InChI is InChI=1S/C9H11ClN4O3S/c1-4-6(10)2-5(8(15)14-9(11)12)3-7(4)18(13,16)17/h2-3H,1H3,(H2,13,16,17)(H4,11,12,14,15). The molecule has 0 aliphatic heterocycles. The van der Waals surface area contributed by atoms with Crippen molar-refractivity contribution in [3.8, 4) is 0 Å². The van der Waals surface area contributed by atoms with E-state index in [4.69, 9.17) is 28.2 Å². The van der Waals surface area contributed by atoms with Crippen LogP contribution in [0.2, 0.25) is 5.02 Å². The van der Waals surface area contributed by atoms with Gasteiger partial charge in [0.1, 0.15) is 0 Å². The SMILES string of the molecule is Cc1c(Cl)cc(C(=O)N=C(N)N)cc1S(N)(=O)=O. The van der Waals surface area contributed by atoms with Gasteiger partial charge in [-0.25, -0.2) is 13.6 Å². The normalized spacial score (nSPS) is 11.1. The molecule has 0 bridgehead atoms. The molecular weight excluding hydrogens is 280 g/mol. The second-order valence-corrected chi connectivity index (χ2v) is 5.41. The summed E-state index contributed by atoms with van der Waals surface area (Å²) in [6, 6.07) is 2.34. The van der Waals surface area contributed by atoms with Crippen LogP contribution >= 0.6 is 11.6 Å². The van der Waals surface area contributed by atoms with Gasteiger partial charge in [-0.3, -0.25) is 4.79 Å². The number of benzene rings is 1. The molecule has 98 valence electrons. The van der Waals surface area contributed by atoms with Gasteiger partial charge in [0.25, 0.3) is 5.91 Å². The minimum absolute atomic E-state index is 0.0666. The fourth-order valence-electron chi connectivity index (χ4n) is 1.25. The lowest BCUT2D eigenvalue weighted by molar-refractivity contribution is 0.100. The number of rotatable bonds is 2. The molecule has 1 aromatic carbocycles. The Balaban J connectivity index is 3.48. The van der Waals surface area contributed by atoms with Crippen LogP contribution in [0.25, 0.3) is 0 Å². The van der Waals surface area contributed by atoms with Gasteiger partial charge in [0.15, 0.2) is 5.96 Å². The van der Waals surface area contributed by atoms with E-state index < -0.39 is 21.9 Å². The van der Waals surface area contributed by atoms with E-state index in [-0.39, 0.29) is 21.0 Å². The van der Waals surface area contributed by atoms with Crippen molar-refractivity contribution in [1.29, 1.82) is 0 Å². The predicted octanol–water partition coefficient (Wildman–Crippen LogP) is -0.291. The zero-order valence-corrected chi connectivity index (χ0v) is 10.9. The Morgan fingerprint density at radius 1 is 1.33 bits per heavy atom. The second kappa shape index (κ2) is 4.92. The molecule has 0 spiro atoms. The Hall–Kier alpha value is -1.64. The van der Waals surface area contributed by atoms with E-state index in [2.05, 4.69) is 4.99 Å². The zero-order valence-electron chi connectivity index (χ0n) is 9.34. The van der Waals surface area contributed by atoms with Gasteiger partial charge >= 0.3 is 0 Å². The second-order valence-electron chi connectivity index (χ2n) is 3.47. The minimum atomic E-state index is -3.99. The molecule has 9 heteroatoms. The molecule has 6 N–H and O–H groups in total. The predicted molar refractivity (Wildman–Crippen MR) is 67.7 cm³/mol. The summed E-state index contributed by atoms with van der Waals surface area (Å²) in [7, 11) is -3.99. The van der Waals surface area contributed by atoms with Crippen LogP contribution in [0.4, 0.5) is 0 Å². The maximum Gasteiger partial charge on any atom is 0.280 e. The van der Waals surface area contributed by atoms with Gasteiger partial charge in [-0.05, 0) is 24.6 Å². The van der Waals surface area contributed by atoms with Gasteiger partial charge in [0.2, 0.25) is 10.0 Å². The molecule has 0 aliphatic carbocycles. The molecule has 0 saturated heterocycles. The first-order chi connectivity index (χ1) is 8.12. The molecule has 1 aromatic rings. The highest BCUT2D eigenvalue weighted by molar-refractivity contribution is 7.89. The molecular formula is C9H11ClN4O3S. The van der Waals surface area contributed by atoms with E-state index in [1.165, 1.54) is 13.0 Å². The number of hydrogen-bond acceptors (Lipinski definition) is 3. The van der Waals surface area contributed by atoms with E-state index >= 15 is 0 Å². The number of amides is 1. The summed E-state index contributed by atoms with van der Waals surface area (Å²) in [5.74, 6) is -1.24. The Labute approximate surface area is 109 Å². The number of primary sulfonamides is 1. The average Bonchev–Trinajstić information content (AvgIpc) is 2.18. The molecule has 0 aromatic heterocycles. The van der Waals surface area contributed by atoms with Gasteiger partial charge in [0, 0.05) is 10.6 Å². The lowest BCUT2D eigenvalue weighted by Gasteiger charge is -2.07. The maximum atomic E-state index is 11.6. The third-order valence-corrected chi connectivity index (χ3v) is 3.51. The maximum absolute atomic E-state index is 11.6. The van der Waals surface area contributed by atoms with Crippen molar-refractivity contribution in [2.24, 2.45) is 21.6 Å². The molecule has 1 rings (SSSR count). The summed E-state index contributed by atoms with van der Waals surface area (Å²) >= 11 is 5.82. The number of nitrogens with two attached hydrogens (primary N) is 3. The van der Waals surface area contributed by atoms with Crippen molar-refractivity contribution < 1.29 is 13.2 Å². The van der Waals surface area contributed by atoms with Gasteiger partial charge in [0.05, 0.1) is 4.90 Å². The van der Waals surface area contributed by atoms with Crippen molar-refractivity contribution in [3.05, 3.63) is 28.3 Å². The van der Waals surface area contributed by atoms with E-state index in [1.54, 1.807) is 0 Å². The first kappa shape index (κ1) is 14.4. The fraction of sp³-hybridized carbons (Fsp3) is 0.111. The molecule has 0 radical (unpaired) electrons. The van der Waals surface area contributed by atoms with E-state index in [1.807, 2.05) is 0 Å². The van der Waals surface area contributed by atoms with E-state index in [0.717, 1.165) is 6.07 Å². The van der Waals surface area contributed by atoms with E-state index in [9.17, 15) is 13.2 Å². The average molecular weight is 291 g/mol. The third-order valence-electron chi connectivity index (χ3n) is 2.08. The highest BCUT2D eigenvalue weighted by Crippen LogP contribution is 2.24. The number of hydrogen-bond donors (Lipinski definition) is 3. The Kier molecular flexibility index (Phi) is 3.95. The number of nitrogens with zero attached hydrogens (tertiary/aromatic N) is 1. The highest BCUT2D eigenvalue weighted by Gasteiger charge is 2.18. The number of halogens is 1. The zero-order chi connectivity index (χ0) is 14.1. The quantitative estimate of drug-likeness (QED) is 0.507. The Morgan fingerprint density at radius 3 is 2.33 bits per heavy atom. The lowest BCUT2D eigenvalue weighted by atomic mass is 10.1. The molecule has 0 heterocycles. The summed E-state index contributed by atoms with van der Waals surface area (Å²) in [4.78, 5) is 14.6. The molecule has 0 aliphatic rings. The van der Waals surface area contributed by atoms with Crippen LogP contribution < -0.4 is 16.6 Å². The van der Waals surface area contributed by atoms with Crippen LogP contribution in [0.5, 0.6) is 0 Å². The number of guanidine groups is 1. The Morgan fingerprint density at radius 2 is 1.89 bits per heavy atom. The molecule has 0 unspecified atom stereocenters. The topological polar surface area (TPSA) is 142 Å². The monoisotopic (exact) mass is 290 g/mol. The summed E-state index contributed by atoms with van der Waals surface area (Å²) in [6.45, 7) is 1.47. The van der Waals surface area contributed by atoms with Crippen LogP contribution in [-0.2, 0) is 10.0 Å². The highest BCUT2D eigenvalue weighted by atomic mass is 35.5. The van der Waals surface area contributed by atoms with Crippen LogP contribution in [0.1, 0.15) is 15.9 Å². The molecule has 18 heavy (non-hydrogen) atoms. The van der Waals surface area contributed by atoms with Crippen molar-refractivity contribution >= 4 is 33.5 Å². The van der Waals surface area contributed by atoms with Crippen molar-refractivity contribution in [1.82, 2.24) is 0 Å². The number of aliphatic imine (C=N–C) groups is 1. The number of sulfonamides is 1. The summed E-state index contributed by atoms with van der Waals surface area (Å²) in [5.41, 5.74) is 10.3. The summed E-state index contributed by atoms with van der Waals surface area (Å²) in [6.07, 6.45) is 0. The van der Waals surface area contributed by atoms with Crippen molar-refractivity contribution in [2.75, 3.05) is 0 Å². The summed E-state index contributed by atoms with van der Waals surface area (Å²) < 4.78 is 22.7. The molecule has 0 atom stereocenters. The lowest BCUT2D eigenvalue weighted by Crippen LogP contribution is -2.24. The first-order valence-electron chi connectivity index (χ1n) is 4.60. The smallest absolute Gasteiger partial charge is 0.280 e. The largest absolute Gasteiger partial charge is 0.370 e. The van der Waals surface area contributed by atoms with E-state index in [0.29, 0.717) is 0 Å². The fourth-order valence-corrected chi connectivity index (χ4v) is 2.36. The minimum Gasteiger partial charge on any atom is -0.370 e. The first-order valence-corrected chi connectivity index (χ1v) is 6.52. The Bertz CT molecular complexity index is 635. The van der Waals surface area contributed by atoms with Crippen LogP contribution in [-0.4, -0.2) is 20.3 Å². The van der Waals surface area contributed by atoms with Crippen molar-refractivity contribution in [3.63, 3.8) is 0 Å². The molecule has 0 saturated carbocycles.